The molecule has 0 bridgehead atoms. The summed E-state index contributed by atoms with van der Waals surface area (Å²) in [6.07, 6.45) is 0. The van der Waals surface area contributed by atoms with Gasteiger partial charge in [0.2, 0.25) is 0 Å². The zero-order valence-electron chi connectivity index (χ0n) is 31.5. The number of benzene rings is 11. The van der Waals surface area contributed by atoms with Gasteiger partial charge in [0.1, 0.15) is 0 Å². The molecular weight excluding hydrogens is 701 g/mol. The van der Waals surface area contributed by atoms with Gasteiger partial charge in [-0.15, -0.1) is 0 Å². The molecule has 0 saturated carbocycles. The SMILES string of the molecule is c1ccc(-n2c3ccccc3c3ccc(-c4ccc5c(c4)c4ccccc4n5-c4cc5c6ccccc6c6ccccc6c5c5c4ccc4ccccc45)cc32)cc1. The normalized spacial score (nSPS) is 12.1. The average molecular weight is 735 g/mol. The van der Waals surface area contributed by atoms with Crippen molar-refractivity contribution in [3.63, 3.8) is 0 Å². The van der Waals surface area contributed by atoms with Gasteiger partial charge in [0, 0.05) is 38.0 Å². The molecule has 2 aromatic heterocycles. The summed E-state index contributed by atoms with van der Waals surface area (Å²) in [4.78, 5) is 0. The molecular formula is C56H34N2. The summed E-state index contributed by atoms with van der Waals surface area (Å²) >= 11 is 0. The number of nitrogens with zero attached hydrogens (tertiary/aromatic N) is 2. The molecule has 0 spiro atoms. The molecule has 2 heteroatoms. The molecule has 58 heavy (non-hydrogen) atoms. The maximum atomic E-state index is 2.52. The molecule has 0 aliphatic carbocycles. The monoisotopic (exact) mass is 734 g/mol. The first-order valence-corrected chi connectivity index (χ1v) is 20.1. The number of hydrogen-bond donors (Lipinski definition) is 0. The Morgan fingerprint density at radius 1 is 0.241 bits per heavy atom. The number of para-hydroxylation sites is 3. The second kappa shape index (κ2) is 11.9. The van der Waals surface area contributed by atoms with E-state index in [0.717, 1.165) is 0 Å². The predicted molar refractivity (Wildman–Crippen MR) is 248 cm³/mol. The van der Waals surface area contributed by atoms with Gasteiger partial charge in [-0.1, -0.05) is 158 Å². The number of rotatable bonds is 3. The van der Waals surface area contributed by atoms with Crippen LogP contribution in [-0.4, -0.2) is 9.13 Å². The van der Waals surface area contributed by atoms with Crippen molar-refractivity contribution in [2.24, 2.45) is 0 Å². The van der Waals surface area contributed by atoms with Crippen molar-refractivity contribution in [2.45, 2.75) is 0 Å². The molecule has 13 rings (SSSR count). The first kappa shape index (κ1) is 31.5. The van der Waals surface area contributed by atoms with Crippen LogP contribution in [0, 0.1) is 0 Å². The third-order valence-corrected chi connectivity index (χ3v) is 12.6. The smallest absolute Gasteiger partial charge is 0.0547 e. The van der Waals surface area contributed by atoms with Crippen LogP contribution in [0.1, 0.15) is 0 Å². The van der Waals surface area contributed by atoms with Crippen LogP contribution >= 0.6 is 0 Å². The standard InChI is InChI=1S/C56H34N2/c1-2-15-38(16-3-1)57-50-24-12-10-21-43(50)45-29-27-37(33-53(45)57)36-28-31-52-48(32-36)44-22-11-13-25-51(44)58(52)54-34-49-42-20-7-6-18-40(42)41-19-8-9-23-46(41)56(49)55-39-17-5-4-14-35(39)26-30-47(54)55/h1-34H. The fourth-order valence-corrected chi connectivity index (χ4v) is 10.2. The van der Waals surface area contributed by atoms with Crippen LogP contribution in [0.5, 0.6) is 0 Å². The maximum absolute atomic E-state index is 2.52. The van der Waals surface area contributed by atoms with Gasteiger partial charge in [-0.25, -0.2) is 0 Å². The molecule has 0 N–H and O–H groups in total. The van der Waals surface area contributed by atoms with Gasteiger partial charge in [0.25, 0.3) is 0 Å². The minimum atomic E-state index is 1.17. The summed E-state index contributed by atoms with van der Waals surface area (Å²) in [5, 5.41) is 17.8. The van der Waals surface area contributed by atoms with Gasteiger partial charge < -0.3 is 9.13 Å². The number of aromatic nitrogens is 2. The molecule has 0 fully saturated rings. The van der Waals surface area contributed by atoms with E-state index in [0.29, 0.717) is 0 Å². The summed E-state index contributed by atoms with van der Waals surface area (Å²) in [6, 6.07) is 76.3. The van der Waals surface area contributed by atoms with Crippen molar-refractivity contribution < 1.29 is 0 Å². The van der Waals surface area contributed by atoms with E-state index in [1.807, 2.05) is 0 Å². The Labute approximate surface area is 334 Å². The zero-order valence-corrected chi connectivity index (χ0v) is 31.5. The molecule has 0 aliphatic rings. The van der Waals surface area contributed by atoms with Crippen LogP contribution < -0.4 is 0 Å². The van der Waals surface area contributed by atoms with Gasteiger partial charge in [0.05, 0.1) is 27.8 Å². The van der Waals surface area contributed by atoms with Crippen molar-refractivity contribution in [1.29, 1.82) is 0 Å². The van der Waals surface area contributed by atoms with E-state index in [1.165, 1.54) is 120 Å². The van der Waals surface area contributed by atoms with Crippen molar-refractivity contribution in [1.82, 2.24) is 9.13 Å². The fourth-order valence-electron chi connectivity index (χ4n) is 10.2. The van der Waals surface area contributed by atoms with E-state index in [-0.39, 0.29) is 0 Å². The van der Waals surface area contributed by atoms with Crippen LogP contribution in [0.3, 0.4) is 0 Å². The summed E-state index contributed by atoms with van der Waals surface area (Å²) in [7, 11) is 0. The Kier molecular flexibility index (Phi) is 6.47. The molecule has 11 aromatic carbocycles. The largest absolute Gasteiger partial charge is 0.309 e. The highest BCUT2D eigenvalue weighted by Gasteiger charge is 2.21. The molecule has 0 atom stereocenters. The molecule has 0 amide bonds. The van der Waals surface area contributed by atoms with Gasteiger partial charge in [-0.3, -0.25) is 0 Å². The Bertz CT molecular complexity index is 3840. The van der Waals surface area contributed by atoms with Gasteiger partial charge >= 0.3 is 0 Å². The van der Waals surface area contributed by atoms with Crippen LogP contribution in [0.2, 0.25) is 0 Å². The van der Waals surface area contributed by atoms with Gasteiger partial charge in [-0.2, -0.15) is 0 Å². The summed E-state index contributed by atoms with van der Waals surface area (Å²) in [6.45, 7) is 0. The highest BCUT2D eigenvalue weighted by molar-refractivity contribution is 6.36. The second-order valence-electron chi connectivity index (χ2n) is 15.6. The van der Waals surface area contributed by atoms with Crippen LogP contribution in [-0.2, 0) is 0 Å². The van der Waals surface area contributed by atoms with E-state index in [9.17, 15) is 0 Å². The first-order valence-electron chi connectivity index (χ1n) is 20.1. The molecule has 0 saturated heterocycles. The van der Waals surface area contributed by atoms with E-state index in [4.69, 9.17) is 0 Å². The minimum absolute atomic E-state index is 1.17. The summed E-state index contributed by atoms with van der Waals surface area (Å²) in [5.41, 5.74) is 9.59. The topological polar surface area (TPSA) is 9.86 Å². The first-order chi connectivity index (χ1) is 28.8. The van der Waals surface area contributed by atoms with Crippen molar-refractivity contribution >= 4 is 97.5 Å². The Hall–Kier alpha value is -7.68. The molecule has 13 aromatic rings. The van der Waals surface area contributed by atoms with E-state index >= 15 is 0 Å². The molecule has 0 radical (unpaired) electrons. The van der Waals surface area contributed by atoms with Crippen molar-refractivity contribution in [3.05, 3.63) is 206 Å². The van der Waals surface area contributed by atoms with Crippen molar-refractivity contribution in [2.75, 3.05) is 0 Å². The molecule has 268 valence electrons. The average Bonchev–Trinajstić information content (AvgIpc) is 3.81. The molecule has 2 nitrogen and oxygen atoms in total. The predicted octanol–water partition coefficient (Wildman–Crippen LogP) is 15.3. The number of hydrogen-bond acceptors (Lipinski definition) is 0. The maximum Gasteiger partial charge on any atom is 0.0547 e. The Morgan fingerprint density at radius 3 is 1.52 bits per heavy atom. The fraction of sp³-hybridized carbons (Fsp3) is 0. The van der Waals surface area contributed by atoms with Crippen LogP contribution in [0.4, 0.5) is 0 Å². The molecule has 0 unspecified atom stereocenters. The minimum Gasteiger partial charge on any atom is -0.309 e. The Morgan fingerprint density at radius 2 is 0.741 bits per heavy atom. The lowest BCUT2D eigenvalue weighted by molar-refractivity contribution is 1.18. The van der Waals surface area contributed by atoms with Crippen LogP contribution in [0.15, 0.2) is 206 Å². The van der Waals surface area contributed by atoms with E-state index in [1.54, 1.807) is 0 Å². The van der Waals surface area contributed by atoms with Gasteiger partial charge in [0.15, 0.2) is 0 Å². The third-order valence-electron chi connectivity index (χ3n) is 12.6. The quantitative estimate of drug-likeness (QED) is 0.160. The lowest BCUT2D eigenvalue weighted by Crippen LogP contribution is -1.97. The van der Waals surface area contributed by atoms with E-state index in [2.05, 4.69) is 215 Å². The highest BCUT2D eigenvalue weighted by atomic mass is 15.0. The number of fused-ring (bicyclic) bond motifs is 16. The molecule has 2 heterocycles. The van der Waals surface area contributed by atoms with E-state index < -0.39 is 0 Å². The zero-order chi connectivity index (χ0) is 37.9. The summed E-state index contributed by atoms with van der Waals surface area (Å²) in [5.74, 6) is 0. The summed E-state index contributed by atoms with van der Waals surface area (Å²) < 4.78 is 4.92. The third kappa shape index (κ3) is 4.32. The van der Waals surface area contributed by atoms with Crippen LogP contribution in [0.25, 0.3) is 120 Å². The van der Waals surface area contributed by atoms with Crippen molar-refractivity contribution in [3.8, 4) is 22.5 Å². The lowest BCUT2D eigenvalue weighted by atomic mass is 9.88. The lowest BCUT2D eigenvalue weighted by Gasteiger charge is -2.19. The Balaban J connectivity index is 1.11. The molecule has 0 aliphatic heterocycles. The second-order valence-corrected chi connectivity index (χ2v) is 15.6. The van der Waals surface area contributed by atoms with Gasteiger partial charge in [-0.05, 0) is 103 Å². The highest BCUT2D eigenvalue weighted by Crippen LogP contribution is 2.46.